The maximum Gasteiger partial charge on any atom is 0.308 e. The van der Waals surface area contributed by atoms with Crippen LogP contribution in [0.2, 0.25) is 0 Å². The van der Waals surface area contributed by atoms with Gasteiger partial charge in [0.05, 0.1) is 12.5 Å². The van der Waals surface area contributed by atoms with Gasteiger partial charge in [-0.05, 0) is 25.0 Å². The molecule has 114 valence electrons. The number of carboxylic acids is 1. The highest BCUT2D eigenvalue weighted by atomic mass is 16.4. The van der Waals surface area contributed by atoms with Gasteiger partial charge >= 0.3 is 5.97 Å². The second kappa shape index (κ2) is 6.72. The lowest BCUT2D eigenvalue weighted by molar-refractivity contribution is -0.142. The van der Waals surface area contributed by atoms with Crippen molar-refractivity contribution >= 4 is 17.6 Å². The topological polar surface area (TPSA) is 60.9 Å². The summed E-state index contributed by atoms with van der Waals surface area (Å²) < 4.78 is 0. The van der Waals surface area contributed by atoms with Gasteiger partial charge in [-0.15, -0.1) is 0 Å². The number of amides is 1. The molecular formula is C16H22N2O3. The molecular weight excluding hydrogens is 268 g/mol. The molecule has 0 aliphatic carbocycles. The van der Waals surface area contributed by atoms with E-state index in [1.165, 1.54) is 0 Å². The zero-order valence-electron chi connectivity index (χ0n) is 12.5. The Morgan fingerprint density at radius 3 is 2.48 bits per heavy atom. The predicted octanol–water partition coefficient (Wildman–Crippen LogP) is 1.69. The molecule has 1 aliphatic heterocycles. The van der Waals surface area contributed by atoms with E-state index < -0.39 is 5.97 Å². The zero-order chi connectivity index (χ0) is 15.4. The van der Waals surface area contributed by atoms with E-state index in [0.29, 0.717) is 19.6 Å². The molecule has 0 unspecified atom stereocenters. The minimum Gasteiger partial charge on any atom is -0.481 e. The SMILES string of the molecule is CCN(C(=O)CN1C[C@@H](C)[C@H](C(=O)O)C1)c1ccccc1. The fourth-order valence-electron chi connectivity index (χ4n) is 2.91. The standard InChI is InChI=1S/C16H22N2O3/c1-3-18(13-7-5-4-6-8-13)15(19)11-17-9-12(2)14(10-17)16(20)21/h4-8,12,14H,3,9-11H2,1-2H3,(H,20,21)/t12-,14-/m1/s1. The summed E-state index contributed by atoms with van der Waals surface area (Å²) in [5, 5.41) is 9.15. The van der Waals surface area contributed by atoms with Crippen LogP contribution in [0.4, 0.5) is 5.69 Å². The maximum absolute atomic E-state index is 12.5. The van der Waals surface area contributed by atoms with Crippen molar-refractivity contribution in [2.75, 3.05) is 31.1 Å². The number of carbonyl (C=O) groups is 2. The van der Waals surface area contributed by atoms with Crippen molar-refractivity contribution in [3.05, 3.63) is 30.3 Å². The number of aliphatic carboxylic acids is 1. The molecule has 0 spiro atoms. The Morgan fingerprint density at radius 2 is 1.95 bits per heavy atom. The first-order chi connectivity index (χ1) is 10.0. The number of rotatable bonds is 5. The second-order valence-electron chi connectivity index (χ2n) is 5.59. The molecule has 5 nitrogen and oxygen atoms in total. The molecule has 2 rings (SSSR count). The molecule has 1 aliphatic rings. The minimum atomic E-state index is -0.771. The number of benzene rings is 1. The Bertz CT molecular complexity index is 504. The van der Waals surface area contributed by atoms with Gasteiger partial charge in [-0.2, -0.15) is 0 Å². The van der Waals surface area contributed by atoms with Gasteiger partial charge in [-0.1, -0.05) is 25.1 Å². The molecule has 1 N–H and O–H groups in total. The van der Waals surface area contributed by atoms with E-state index in [-0.39, 0.29) is 24.3 Å². The lowest BCUT2D eigenvalue weighted by Gasteiger charge is -2.24. The Hall–Kier alpha value is -1.88. The average molecular weight is 290 g/mol. The maximum atomic E-state index is 12.5. The second-order valence-corrected chi connectivity index (χ2v) is 5.59. The number of carbonyl (C=O) groups excluding carboxylic acids is 1. The summed E-state index contributed by atoms with van der Waals surface area (Å²) in [6.45, 7) is 5.87. The van der Waals surface area contributed by atoms with Crippen LogP contribution in [-0.2, 0) is 9.59 Å². The van der Waals surface area contributed by atoms with Gasteiger partial charge < -0.3 is 10.0 Å². The highest BCUT2D eigenvalue weighted by molar-refractivity contribution is 5.94. The van der Waals surface area contributed by atoms with Gasteiger partial charge in [0.2, 0.25) is 5.91 Å². The molecule has 0 bridgehead atoms. The molecule has 1 aromatic rings. The summed E-state index contributed by atoms with van der Waals surface area (Å²) in [4.78, 5) is 27.3. The highest BCUT2D eigenvalue weighted by Gasteiger charge is 2.35. The van der Waals surface area contributed by atoms with E-state index in [1.807, 2.05) is 49.1 Å². The van der Waals surface area contributed by atoms with Crippen molar-refractivity contribution in [1.82, 2.24) is 4.90 Å². The van der Waals surface area contributed by atoms with Crippen LogP contribution in [0.3, 0.4) is 0 Å². The first-order valence-electron chi connectivity index (χ1n) is 7.33. The molecule has 1 heterocycles. The summed E-state index contributed by atoms with van der Waals surface area (Å²) in [7, 11) is 0. The smallest absolute Gasteiger partial charge is 0.308 e. The fraction of sp³-hybridized carbons (Fsp3) is 0.500. The van der Waals surface area contributed by atoms with E-state index in [4.69, 9.17) is 5.11 Å². The van der Waals surface area contributed by atoms with E-state index in [1.54, 1.807) is 4.90 Å². The van der Waals surface area contributed by atoms with Crippen molar-refractivity contribution in [3.8, 4) is 0 Å². The van der Waals surface area contributed by atoms with Gasteiger partial charge in [0, 0.05) is 25.3 Å². The average Bonchev–Trinajstić information content (AvgIpc) is 2.81. The molecule has 5 heteroatoms. The van der Waals surface area contributed by atoms with E-state index >= 15 is 0 Å². The van der Waals surface area contributed by atoms with Crippen LogP contribution in [0.5, 0.6) is 0 Å². The molecule has 0 radical (unpaired) electrons. The monoisotopic (exact) mass is 290 g/mol. The van der Waals surface area contributed by atoms with Crippen LogP contribution in [0, 0.1) is 11.8 Å². The van der Waals surface area contributed by atoms with Gasteiger partial charge in [0.1, 0.15) is 0 Å². The van der Waals surface area contributed by atoms with E-state index in [0.717, 1.165) is 5.69 Å². The Labute approximate surface area is 125 Å². The molecule has 1 amide bonds. The van der Waals surface area contributed by atoms with Crippen LogP contribution in [-0.4, -0.2) is 48.1 Å². The van der Waals surface area contributed by atoms with Crippen molar-refractivity contribution in [2.24, 2.45) is 11.8 Å². The summed E-state index contributed by atoms with van der Waals surface area (Å²) in [5.41, 5.74) is 0.882. The van der Waals surface area contributed by atoms with Crippen molar-refractivity contribution in [2.45, 2.75) is 13.8 Å². The van der Waals surface area contributed by atoms with Crippen LogP contribution < -0.4 is 4.90 Å². The van der Waals surface area contributed by atoms with Crippen molar-refractivity contribution in [3.63, 3.8) is 0 Å². The minimum absolute atomic E-state index is 0.0157. The third-order valence-corrected chi connectivity index (χ3v) is 4.05. The van der Waals surface area contributed by atoms with Gasteiger partial charge in [-0.25, -0.2) is 0 Å². The third-order valence-electron chi connectivity index (χ3n) is 4.05. The van der Waals surface area contributed by atoms with Gasteiger partial charge in [0.15, 0.2) is 0 Å². The number of anilines is 1. The molecule has 21 heavy (non-hydrogen) atoms. The lowest BCUT2D eigenvalue weighted by atomic mass is 9.99. The molecule has 1 aromatic carbocycles. The number of likely N-dealkylation sites (tertiary alicyclic amines) is 1. The Balaban J connectivity index is 1.99. The normalized spacial score (nSPS) is 22.2. The quantitative estimate of drug-likeness (QED) is 0.896. The van der Waals surface area contributed by atoms with Crippen molar-refractivity contribution < 1.29 is 14.7 Å². The summed E-state index contributed by atoms with van der Waals surface area (Å²) in [6.07, 6.45) is 0. The summed E-state index contributed by atoms with van der Waals surface area (Å²) in [6, 6.07) is 9.55. The van der Waals surface area contributed by atoms with Crippen LogP contribution in [0.1, 0.15) is 13.8 Å². The van der Waals surface area contributed by atoms with Crippen LogP contribution in [0.25, 0.3) is 0 Å². The summed E-state index contributed by atoms with van der Waals surface area (Å²) in [5.74, 6) is -1.04. The number of hydrogen-bond acceptors (Lipinski definition) is 3. The molecule has 1 fully saturated rings. The molecule has 2 atom stereocenters. The van der Waals surface area contributed by atoms with Crippen LogP contribution in [0.15, 0.2) is 30.3 Å². The van der Waals surface area contributed by atoms with Crippen molar-refractivity contribution in [1.29, 1.82) is 0 Å². The van der Waals surface area contributed by atoms with Crippen LogP contribution >= 0.6 is 0 Å². The number of carboxylic acid groups (broad SMARTS) is 1. The molecule has 0 aromatic heterocycles. The number of likely N-dealkylation sites (N-methyl/N-ethyl adjacent to an activating group) is 1. The molecule has 1 saturated heterocycles. The lowest BCUT2D eigenvalue weighted by Crippen LogP contribution is -2.40. The largest absolute Gasteiger partial charge is 0.481 e. The molecule has 0 saturated carbocycles. The third kappa shape index (κ3) is 3.61. The number of para-hydroxylation sites is 1. The Morgan fingerprint density at radius 1 is 1.29 bits per heavy atom. The highest BCUT2D eigenvalue weighted by Crippen LogP contribution is 2.23. The predicted molar refractivity (Wildman–Crippen MR) is 81.2 cm³/mol. The first kappa shape index (κ1) is 15.5. The zero-order valence-corrected chi connectivity index (χ0v) is 12.5. The number of nitrogens with zero attached hydrogens (tertiary/aromatic N) is 2. The van der Waals surface area contributed by atoms with E-state index in [9.17, 15) is 9.59 Å². The first-order valence-corrected chi connectivity index (χ1v) is 7.33. The Kier molecular flexibility index (Phi) is 4.96. The van der Waals surface area contributed by atoms with E-state index in [2.05, 4.69) is 0 Å². The summed E-state index contributed by atoms with van der Waals surface area (Å²) >= 11 is 0. The van der Waals surface area contributed by atoms with Gasteiger partial charge in [0.25, 0.3) is 0 Å². The fourth-order valence-corrected chi connectivity index (χ4v) is 2.91. The number of hydrogen-bond donors (Lipinski definition) is 1. The van der Waals surface area contributed by atoms with Gasteiger partial charge in [-0.3, -0.25) is 14.5 Å².